The molecule has 1 aliphatic rings. The number of primary amides is 1. The van der Waals surface area contributed by atoms with Gasteiger partial charge in [-0.3, -0.25) is 9.78 Å². The molecular weight excluding hydrogens is 330 g/mol. The third-order valence-corrected chi connectivity index (χ3v) is 4.42. The molecule has 1 aliphatic heterocycles. The van der Waals surface area contributed by atoms with Gasteiger partial charge in [-0.25, -0.2) is 0 Å². The molecule has 3 heterocycles. The van der Waals surface area contributed by atoms with E-state index in [1.807, 2.05) is 30.3 Å². The highest BCUT2D eigenvalue weighted by molar-refractivity contribution is 5.96. The van der Waals surface area contributed by atoms with Crippen molar-refractivity contribution in [2.45, 2.75) is 19.3 Å². The van der Waals surface area contributed by atoms with Crippen molar-refractivity contribution in [2.75, 3.05) is 23.3 Å². The molecule has 0 radical (unpaired) electrons. The lowest BCUT2D eigenvalue weighted by atomic mass is 10.1. The fraction of sp³-hybridized carbons (Fsp3) is 0.278. The first kappa shape index (κ1) is 16.2. The molecule has 0 aliphatic carbocycles. The molecule has 1 saturated heterocycles. The van der Waals surface area contributed by atoms with E-state index in [0.29, 0.717) is 11.8 Å². The van der Waals surface area contributed by atoms with E-state index < -0.39 is 5.91 Å². The van der Waals surface area contributed by atoms with Gasteiger partial charge in [0.05, 0.1) is 5.52 Å². The van der Waals surface area contributed by atoms with E-state index in [-0.39, 0.29) is 5.69 Å². The van der Waals surface area contributed by atoms with Gasteiger partial charge in [0.25, 0.3) is 5.91 Å². The van der Waals surface area contributed by atoms with E-state index >= 15 is 0 Å². The van der Waals surface area contributed by atoms with Crippen LogP contribution in [0, 0.1) is 0 Å². The van der Waals surface area contributed by atoms with E-state index in [2.05, 4.69) is 30.4 Å². The van der Waals surface area contributed by atoms with Crippen LogP contribution in [-0.4, -0.2) is 39.2 Å². The Kier molecular flexibility index (Phi) is 4.30. The number of piperidine rings is 1. The van der Waals surface area contributed by atoms with Crippen molar-refractivity contribution < 1.29 is 4.79 Å². The first-order valence-corrected chi connectivity index (χ1v) is 8.62. The average molecular weight is 349 g/mol. The van der Waals surface area contributed by atoms with Crippen LogP contribution in [0.15, 0.2) is 36.5 Å². The van der Waals surface area contributed by atoms with Gasteiger partial charge in [-0.05, 0) is 37.5 Å². The highest BCUT2D eigenvalue weighted by atomic mass is 16.1. The second-order valence-electron chi connectivity index (χ2n) is 6.26. The molecule has 1 amide bonds. The van der Waals surface area contributed by atoms with Crippen molar-refractivity contribution in [3.05, 3.63) is 42.2 Å². The number of nitrogens with zero attached hydrogens (tertiary/aromatic N) is 5. The quantitative estimate of drug-likeness (QED) is 0.743. The maximum atomic E-state index is 11.7. The van der Waals surface area contributed by atoms with Gasteiger partial charge in [0.15, 0.2) is 11.5 Å². The highest BCUT2D eigenvalue weighted by Crippen LogP contribution is 2.23. The molecule has 26 heavy (non-hydrogen) atoms. The number of fused-ring (bicyclic) bond motifs is 1. The molecule has 3 N–H and O–H groups in total. The zero-order chi connectivity index (χ0) is 17.9. The number of amides is 1. The van der Waals surface area contributed by atoms with Crippen molar-refractivity contribution >= 4 is 34.3 Å². The van der Waals surface area contributed by atoms with Crippen LogP contribution in [0.4, 0.5) is 17.5 Å². The van der Waals surface area contributed by atoms with Gasteiger partial charge >= 0.3 is 0 Å². The van der Waals surface area contributed by atoms with E-state index in [0.717, 1.165) is 42.5 Å². The van der Waals surface area contributed by atoms with Crippen LogP contribution in [0.1, 0.15) is 29.8 Å². The van der Waals surface area contributed by atoms with Gasteiger partial charge in [0, 0.05) is 30.4 Å². The predicted octanol–water partition coefficient (Wildman–Crippen LogP) is 2.25. The Morgan fingerprint density at radius 1 is 1.12 bits per heavy atom. The second-order valence-corrected chi connectivity index (χ2v) is 6.26. The molecule has 0 atom stereocenters. The summed E-state index contributed by atoms with van der Waals surface area (Å²) >= 11 is 0. The zero-order valence-corrected chi connectivity index (χ0v) is 14.2. The van der Waals surface area contributed by atoms with Gasteiger partial charge in [-0.1, -0.05) is 12.1 Å². The molecule has 0 spiro atoms. The molecule has 0 unspecified atom stereocenters. The smallest absolute Gasteiger partial charge is 0.273 e. The minimum atomic E-state index is -0.670. The Labute approximate surface area is 150 Å². The summed E-state index contributed by atoms with van der Waals surface area (Å²) in [5, 5.41) is 12.3. The lowest BCUT2D eigenvalue weighted by Gasteiger charge is -2.26. The van der Waals surface area contributed by atoms with Gasteiger partial charge in [0.1, 0.15) is 0 Å². The summed E-state index contributed by atoms with van der Waals surface area (Å²) in [6, 6.07) is 9.62. The third-order valence-electron chi connectivity index (χ3n) is 4.42. The van der Waals surface area contributed by atoms with E-state index in [1.165, 1.54) is 6.42 Å². The van der Waals surface area contributed by atoms with Crippen LogP contribution in [-0.2, 0) is 0 Å². The van der Waals surface area contributed by atoms with Crippen LogP contribution < -0.4 is 16.0 Å². The minimum Gasteiger partial charge on any atom is -0.364 e. The average Bonchev–Trinajstić information content (AvgIpc) is 2.68. The molecule has 4 rings (SSSR count). The number of benzene rings is 1. The lowest BCUT2D eigenvalue weighted by Crippen LogP contribution is -2.32. The standard InChI is InChI=1S/C18H19N7O/c19-16(26)15-17(22-18(24-23-15)25-9-2-1-3-10-25)21-13-7-6-12-5-4-8-20-14(12)11-13/h4-8,11H,1-3,9-10H2,(H2,19,26)(H,21,22,24). The number of anilines is 3. The Morgan fingerprint density at radius 2 is 1.96 bits per heavy atom. The van der Waals surface area contributed by atoms with Gasteiger partial charge in [0.2, 0.25) is 5.95 Å². The molecule has 8 nitrogen and oxygen atoms in total. The SMILES string of the molecule is NC(=O)c1nnc(N2CCCCC2)nc1Nc1ccc2cccnc2c1. The van der Waals surface area contributed by atoms with Gasteiger partial charge in [-0.2, -0.15) is 4.98 Å². The number of rotatable bonds is 4. The topological polar surface area (TPSA) is 110 Å². The number of pyridine rings is 1. The Hall–Kier alpha value is -3.29. The third kappa shape index (κ3) is 3.26. The van der Waals surface area contributed by atoms with Crippen LogP contribution in [0.25, 0.3) is 10.9 Å². The number of carbonyl (C=O) groups excluding carboxylic acids is 1. The first-order valence-electron chi connectivity index (χ1n) is 8.62. The Balaban J connectivity index is 1.68. The first-order chi connectivity index (χ1) is 12.7. The predicted molar refractivity (Wildman–Crippen MR) is 99.4 cm³/mol. The molecule has 8 heteroatoms. The number of nitrogens with one attached hydrogen (secondary N) is 1. The lowest BCUT2D eigenvalue weighted by molar-refractivity contribution is 0.0995. The largest absolute Gasteiger partial charge is 0.364 e. The summed E-state index contributed by atoms with van der Waals surface area (Å²) in [4.78, 5) is 22.7. The Morgan fingerprint density at radius 3 is 2.77 bits per heavy atom. The van der Waals surface area contributed by atoms with Crippen LogP contribution in [0.2, 0.25) is 0 Å². The number of nitrogens with two attached hydrogens (primary N) is 1. The summed E-state index contributed by atoms with van der Waals surface area (Å²) in [6.45, 7) is 1.77. The summed E-state index contributed by atoms with van der Waals surface area (Å²) in [5.74, 6) is 0.149. The molecular formula is C18H19N7O. The molecule has 132 valence electrons. The number of hydrogen-bond donors (Lipinski definition) is 2. The van der Waals surface area contributed by atoms with Crippen LogP contribution in [0.3, 0.4) is 0 Å². The molecule has 1 fully saturated rings. The fourth-order valence-electron chi connectivity index (χ4n) is 3.08. The van der Waals surface area contributed by atoms with Crippen molar-refractivity contribution in [1.82, 2.24) is 20.2 Å². The van der Waals surface area contributed by atoms with Gasteiger partial charge < -0.3 is 16.0 Å². The van der Waals surface area contributed by atoms with Crippen molar-refractivity contribution in [1.29, 1.82) is 0 Å². The number of hydrogen-bond acceptors (Lipinski definition) is 7. The Bertz CT molecular complexity index is 953. The summed E-state index contributed by atoms with van der Waals surface area (Å²) in [5.41, 5.74) is 7.06. The maximum absolute atomic E-state index is 11.7. The summed E-state index contributed by atoms with van der Waals surface area (Å²) in [7, 11) is 0. The monoisotopic (exact) mass is 349 g/mol. The van der Waals surface area contributed by atoms with E-state index in [4.69, 9.17) is 5.73 Å². The van der Waals surface area contributed by atoms with E-state index in [1.54, 1.807) is 6.20 Å². The summed E-state index contributed by atoms with van der Waals surface area (Å²) < 4.78 is 0. The number of aromatic nitrogens is 4. The molecule has 3 aromatic rings. The normalized spacial score (nSPS) is 14.4. The minimum absolute atomic E-state index is 0.0203. The van der Waals surface area contributed by atoms with Crippen LogP contribution in [0.5, 0.6) is 0 Å². The second kappa shape index (κ2) is 6.91. The number of carbonyl (C=O) groups is 1. The highest BCUT2D eigenvalue weighted by Gasteiger charge is 2.19. The molecule has 2 aromatic heterocycles. The fourth-order valence-corrected chi connectivity index (χ4v) is 3.08. The zero-order valence-electron chi connectivity index (χ0n) is 14.2. The summed E-state index contributed by atoms with van der Waals surface area (Å²) in [6.07, 6.45) is 5.14. The van der Waals surface area contributed by atoms with Gasteiger partial charge in [-0.15, -0.1) is 10.2 Å². The van der Waals surface area contributed by atoms with Crippen LogP contribution >= 0.6 is 0 Å². The maximum Gasteiger partial charge on any atom is 0.273 e. The molecule has 0 saturated carbocycles. The van der Waals surface area contributed by atoms with Crippen molar-refractivity contribution in [3.63, 3.8) is 0 Å². The van der Waals surface area contributed by atoms with Crippen molar-refractivity contribution in [2.24, 2.45) is 5.73 Å². The molecule has 1 aromatic carbocycles. The van der Waals surface area contributed by atoms with E-state index in [9.17, 15) is 4.79 Å². The van der Waals surface area contributed by atoms with Crippen molar-refractivity contribution in [3.8, 4) is 0 Å². The molecule has 0 bridgehead atoms.